The standard InChI is InChI=1S/C18H20N2O4/c1-10-16(12(3)21)11(2)19-17(10)18(22)20(4)8-13-5-6-14-15(7-13)24-9-23-14/h5-7,19H,8-9H2,1-4H3. The molecular weight excluding hydrogens is 308 g/mol. The van der Waals surface area contributed by atoms with Crippen LogP contribution in [0.2, 0.25) is 0 Å². The molecule has 1 aromatic heterocycles. The Bertz CT molecular complexity index is 823. The van der Waals surface area contributed by atoms with Crippen LogP contribution in [0.1, 0.15) is 44.6 Å². The summed E-state index contributed by atoms with van der Waals surface area (Å²) in [5.41, 5.74) is 3.42. The molecule has 2 heterocycles. The third kappa shape index (κ3) is 2.75. The summed E-state index contributed by atoms with van der Waals surface area (Å²) in [5.74, 6) is 1.22. The molecule has 1 N–H and O–H groups in total. The fraction of sp³-hybridized carbons (Fsp3) is 0.333. The minimum absolute atomic E-state index is 0.0428. The second kappa shape index (κ2) is 6.03. The quantitative estimate of drug-likeness (QED) is 0.876. The highest BCUT2D eigenvalue weighted by Crippen LogP contribution is 2.32. The molecule has 0 saturated carbocycles. The van der Waals surface area contributed by atoms with Gasteiger partial charge in [0.15, 0.2) is 17.3 Å². The minimum Gasteiger partial charge on any atom is -0.454 e. The number of aromatic nitrogens is 1. The Morgan fingerprint density at radius 2 is 1.92 bits per heavy atom. The lowest BCUT2D eigenvalue weighted by molar-refractivity contribution is 0.0779. The number of H-pyrrole nitrogens is 1. The van der Waals surface area contributed by atoms with Gasteiger partial charge in [-0.1, -0.05) is 6.07 Å². The number of aromatic amines is 1. The Hall–Kier alpha value is -2.76. The Labute approximate surface area is 140 Å². The zero-order chi connectivity index (χ0) is 17.4. The maximum atomic E-state index is 12.7. The van der Waals surface area contributed by atoms with Crippen molar-refractivity contribution in [3.05, 3.63) is 46.3 Å². The van der Waals surface area contributed by atoms with Crippen LogP contribution in [-0.4, -0.2) is 35.4 Å². The molecule has 3 rings (SSSR count). The molecule has 0 atom stereocenters. The van der Waals surface area contributed by atoms with Crippen LogP contribution in [0.15, 0.2) is 18.2 Å². The number of nitrogens with one attached hydrogen (secondary N) is 1. The highest BCUT2D eigenvalue weighted by Gasteiger charge is 2.22. The lowest BCUT2D eigenvalue weighted by Crippen LogP contribution is -2.27. The molecule has 1 aliphatic heterocycles. The second-order valence-corrected chi connectivity index (χ2v) is 6.03. The maximum Gasteiger partial charge on any atom is 0.270 e. The van der Waals surface area contributed by atoms with E-state index < -0.39 is 0 Å². The normalized spacial score (nSPS) is 12.3. The van der Waals surface area contributed by atoms with Crippen molar-refractivity contribution in [1.82, 2.24) is 9.88 Å². The van der Waals surface area contributed by atoms with Crippen LogP contribution in [0.4, 0.5) is 0 Å². The number of hydrogen-bond donors (Lipinski definition) is 1. The van der Waals surface area contributed by atoms with E-state index in [0.717, 1.165) is 17.0 Å². The third-order valence-corrected chi connectivity index (χ3v) is 4.21. The molecule has 0 saturated heterocycles. The number of ketones is 1. The molecule has 24 heavy (non-hydrogen) atoms. The third-order valence-electron chi connectivity index (χ3n) is 4.21. The van der Waals surface area contributed by atoms with Gasteiger partial charge in [-0.2, -0.15) is 0 Å². The van der Waals surface area contributed by atoms with E-state index in [0.29, 0.717) is 29.1 Å². The van der Waals surface area contributed by atoms with E-state index in [1.165, 1.54) is 6.92 Å². The van der Waals surface area contributed by atoms with E-state index in [4.69, 9.17) is 9.47 Å². The number of carbonyl (C=O) groups is 2. The van der Waals surface area contributed by atoms with Gasteiger partial charge in [0.25, 0.3) is 5.91 Å². The Morgan fingerprint density at radius 3 is 2.58 bits per heavy atom. The second-order valence-electron chi connectivity index (χ2n) is 6.03. The number of ether oxygens (including phenoxy) is 2. The smallest absolute Gasteiger partial charge is 0.270 e. The molecule has 1 amide bonds. The van der Waals surface area contributed by atoms with Crippen molar-refractivity contribution >= 4 is 11.7 Å². The lowest BCUT2D eigenvalue weighted by atomic mass is 10.1. The van der Waals surface area contributed by atoms with Gasteiger partial charge in [-0.3, -0.25) is 9.59 Å². The summed E-state index contributed by atoms with van der Waals surface area (Å²) >= 11 is 0. The molecule has 0 fully saturated rings. The SMILES string of the molecule is CC(=O)c1c(C)[nH]c(C(=O)N(C)Cc2ccc3c(c2)OCO3)c1C. The monoisotopic (exact) mass is 328 g/mol. The molecule has 126 valence electrons. The van der Waals surface area contributed by atoms with Gasteiger partial charge in [-0.25, -0.2) is 0 Å². The molecule has 1 aliphatic rings. The van der Waals surface area contributed by atoms with E-state index >= 15 is 0 Å². The molecule has 0 unspecified atom stereocenters. The highest BCUT2D eigenvalue weighted by molar-refractivity contribution is 6.02. The van der Waals surface area contributed by atoms with Crippen LogP contribution in [0.25, 0.3) is 0 Å². The molecule has 2 aromatic rings. The molecule has 0 spiro atoms. The van der Waals surface area contributed by atoms with Crippen molar-refractivity contribution in [3.63, 3.8) is 0 Å². The van der Waals surface area contributed by atoms with E-state index in [2.05, 4.69) is 4.98 Å². The van der Waals surface area contributed by atoms with Crippen LogP contribution < -0.4 is 9.47 Å². The number of Topliss-reactive ketones (excluding diaryl/α,β-unsaturated/α-hetero) is 1. The number of fused-ring (bicyclic) bond motifs is 1. The number of carbonyl (C=O) groups excluding carboxylic acids is 2. The summed E-state index contributed by atoms with van der Waals surface area (Å²) in [6.45, 7) is 5.76. The predicted octanol–water partition coefficient (Wildman–Crippen LogP) is 2.84. The van der Waals surface area contributed by atoms with Crippen LogP contribution >= 0.6 is 0 Å². The average Bonchev–Trinajstić information content (AvgIpc) is 3.10. The number of amides is 1. The summed E-state index contributed by atoms with van der Waals surface area (Å²) in [5, 5.41) is 0. The zero-order valence-corrected chi connectivity index (χ0v) is 14.2. The van der Waals surface area contributed by atoms with Gasteiger partial charge in [-0.15, -0.1) is 0 Å². The maximum absolute atomic E-state index is 12.7. The van der Waals surface area contributed by atoms with Gasteiger partial charge in [0.05, 0.1) is 0 Å². The molecule has 0 aliphatic carbocycles. The Kier molecular flexibility index (Phi) is 4.05. The summed E-state index contributed by atoms with van der Waals surface area (Å²) < 4.78 is 10.7. The van der Waals surface area contributed by atoms with Gasteiger partial charge in [0.2, 0.25) is 6.79 Å². The van der Waals surface area contributed by atoms with Gasteiger partial charge in [0, 0.05) is 24.8 Å². The number of aryl methyl sites for hydroxylation is 1. The van der Waals surface area contributed by atoms with Crippen molar-refractivity contribution in [3.8, 4) is 11.5 Å². The van der Waals surface area contributed by atoms with Crippen LogP contribution in [-0.2, 0) is 6.54 Å². The zero-order valence-electron chi connectivity index (χ0n) is 14.2. The summed E-state index contributed by atoms with van der Waals surface area (Å²) in [7, 11) is 1.73. The van der Waals surface area contributed by atoms with E-state index in [1.54, 1.807) is 25.8 Å². The van der Waals surface area contributed by atoms with Crippen molar-refractivity contribution in [1.29, 1.82) is 0 Å². The number of benzene rings is 1. The summed E-state index contributed by atoms with van der Waals surface area (Å²) in [6.07, 6.45) is 0. The van der Waals surface area contributed by atoms with Crippen molar-refractivity contribution < 1.29 is 19.1 Å². The van der Waals surface area contributed by atoms with E-state index in [9.17, 15) is 9.59 Å². The number of rotatable bonds is 4. The van der Waals surface area contributed by atoms with Crippen molar-refractivity contribution in [2.24, 2.45) is 0 Å². The highest BCUT2D eigenvalue weighted by atomic mass is 16.7. The van der Waals surface area contributed by atoms with Gasteiger partial charge >= 0.3 is 0 Å². The number of hydrogen-bond acceptors (Lipinski definition) is 4. The first kappa shape index (κ1) is 16.1. The Balaban J connectivity index is 1.80. The van der Waals surface area contributed by atoms with E-state index in [-0.39, 0.29) is 18.5 Å². The van der Waals surface area contributed by atoms with E-state index in [1.807, 2.05) is 18.2 Å². The first-order chi connectivity index (χ1) is 11.4. The average molecular weight is 328 g/mol. The van der Waals surface area contributed by atoms with Crippen LogP contribution in [0, 0.1) is 13.8 Å². The van der Waals surface area contributed by atoms with Crippen molar-refractivity contribution in [2.45, 2.75) is 27.3 Å². The minimum atomic E-state index is -0.152. The molecule has 6 nitrogen and oxygen atoms in total. The predicted molar refractivity (Wildman–Crippen MR) is 88.6 cm³/mol. The first-order valence-corrected chi connectivity index (χ1v) is 7.72. The lowest BCUT2D eigenvalue weighted by Gasteiger charge is -2.17. The Morgan fingerprint density at radius 1 is 1.21 bits per heavy atom. The fourth-order valence-corrected chi connectivity index (χ4v) is 3.07. The van der Waals surface area contributed by atoms with Crippen LogP contribution in [0.3, 0.4) is 0 Å². The fourth-order valence-electron chi connectivity index (χ4n) is 3.07. The largest absolute Gasteiger partial charge is 0.454 e. The van der Waals surface area contributed by atoms with Gasteiger partial charge in [0.1, 0.15) is 5.69 Å². The van der Waals surface area contributed by atoms with Gasteiger partial charge < -0.3 is 19.4 Å². The number of nitrogens with zero attached hydrogens (tertiary/aromatic N) is 1. The molecule has 0 bridgehead atoms. The summed E-state index contributed by atoms with van der Waals surface area (Å²) in [6, 6.07) is 5.62. The van der Waals surface area contributed by atoms with Crippen LogP contribution in [0.5, 0.6) is 11.5 Å². The molecular formula is C18H20N2O4. The topological polar surface area (TPSA) is 71.6 Å². The van der Waals surface area contributed by atoms with Gasteiger partial charge in [-0.05, 0) is 44.0 Å². The first-order valence-electron chi connectivity index (χ1n) is 7.72. The molecule has 6 heteroatoms. The summed E-state index contributed by atoms with van der Waals surface area (Å²) in [4.78, 5) is 29.1. The molecule has 0 radical (unpaired) electrons. The van der Waals surface area contributed by atoms with Crippen molar-refractivity contribution in [2.75, 3.05) is 13.8 Å². The molecule has 1 aromatic carbocycles.